The molecule has 0 spiro atoms. The summed E-state index contributed by atoms with van der Waals surface area (Å²) in [6.45, 7) is 1.79. The predicted octanol–water partition coefficient (Wildman–Crippen LogP) is 2.97. The molecule has 0 bridgehead atoms. The molecule has 1 fully saturated rings. The zero-order valence-electron chi connectivity index (χ0n) is 13.7. The molecule has 0 radical (unpaired) electrons. The molecule has 1 unspecified atom stereocenters. The lowest BCUT2D eigenvalue weighted by molar-refractivity contribution is 0.0936. The smallest absolute Gasteiger partial charge is 0.349 e. The summed E-state index contributed by atoms with van der Waals surface area (Å²) in [5, 5.41) is 2.93. The maximum absolute atomic E-state index is 12.4. The van der Waals surface area contributed by atoms with Crippen LogP contribution in [-0.2, 0) is 12.8 Å². The van der Waals surface area contributed by atoms with Crippen molar-refractivity contribution in [1.82, 2.24) is 5.32 Å². The number of aryl methyl sites for hydroxylation is 3. The molecule has 1 N–H and O–H groups in total. The molecule has 4 nitrogen and oxygen atoms in total. The summed E-state index contributed by atoms with van der Waals surface area (Å²) in [5.41, 5.74) is 1.47. The van der Waals surface area contributed by atoms with Crippen LogP contribution in [0.3, 0.4) is 0 Å². The van der Waals surface area contributed by atoms with E-state index in [9.17, 15) is 9.59 Å². The second-order valence-electron chi connectivity index (χ2n) is 6.08. The van der Waals surface area contributed by atoms with Crippen molar-refractivity contribution in [2.75, 3.05) is 11.5 Å². The number of thioether (sulfide) groups is 1. The van der Waals surface area contributed by atoms with Crippen molar-refractivity contribution in [2.45, 2.75) is 32.2 Å². The number of carbonyl (C=O) groups excluding carboxylic acids is 1. The highest BCUT2D eigenvalue weighted by molar-refractivity contribution is 7.99. The molecule has 1 amide bonds. The van der Waals surface area contributed by atoms with Gasteiger partial charge in [-0.1, -0.05) is 30.3 Å². The summed E-state index contributed by atoms with van der Waals surface area (Å²) < 4.78 is 5.37. The van der Waals surface area contributed by atoms with Gasteiger partial charge in [0, 0.05) is 18.2 Å². The first-order valence-electron chi connectivity index (χ1n) is 8.19. The van der Waals surface area contributed by atoms with E-state index in [1.807, 2.05) is 48.2 Å². The average molecular weight is 343 g/mol. The van der Waals surface area contributed by atoms with Crippen LogP contribution >= 0.6 is 11.8 Å². The minimum Gasteiger partial charge on any atom is -0.427 e. The van der Waals surface area contributed by atoms with Crippen LogP contribution in [0, 0.1) is 6.92 Å². The first-order valence-corrected chi connectivity index (χ1v) is 9.35. The number of amides is 1. The van der Waals surface area contributed by atoms with Gasteiger partial charge in [-0.2, -0.15) is 11.8 Å². The third kappa shape index (κ3) is 4.09. The minimum absolute atomic E-state index is 0.135. The SMILES string of the molecule is Cc1cc(CCc2ccccc2)oc(=O)c1C(=O)NC1CCSC1. The zero-order valence-corrected chi connectivity index (χ0v) is 14.5. The molecule has 0 saturated carbocycles. The van der Waals surface area contributed by atoms with Crippen molar-refractivity contribution < 1.29 is 9.21 Å². The molecule has 1 atom stereocenters. The van der Waals surface area contributed by atoms with Gasteiger partial charge in [-0.15, -0.1) is 0 Å². The third-order valence-corrected chi connectivity index (χ3v) is 5.36. The van der Waals surface area contributed by atoms with E-state index < -0.39 is 5.63 Å². The van der Waals surface area contributed by atoms with Gasteiger partial charge in [0.15, 0.2) is 0 Å². The molecule has 2 heterocycles. The van der Waals surface area contributed by atoms with E-state index in [-0.39, 0.29) is 17.5 Å². The van der Waals surface area contributed by atoms with E-state index in [1.54, 1.807) is 6.92 Å². The second-order valence-corrected chi connectivity index (χ2v) is 7.23. The number of nitrogens with one attached hydrogen (secondary N) is 1. The standard InChI is InChI=1S/C19H21NO3S/c1-13-11-16(8-7-14-5-3-2-4-6-14)23-19(22)17(13)18(21)20-15-9-10-24-12-15/h2-6,11,15H,7-10,12H2,1H3,(H,20,21). The maximum atomic E-state index is 12.4. The largest absolute Gasteiger partial charge is 0.427 e. The lowest BCUT2D eigenvalue weighted by Gasteiger charge is -2.12. The molecule has 1 aliphatic rings. The van der Waals surface area contributed by atoms with Gasteiger partial charge in [0.1, 0.15) is 11.3 Å². The van der Waals surface area contributed by atoms with Gasteiger partial charge in [0.05, 0.1) is 0 Å². The van der Waals surface area contributed by atoms with Crippen molar-refractivity contribution in [2.24, 2.45) is 0 Å². The van der Waals surface area contributed by atoms with Crippen molar-refractivity contribution in [3.8, 4) is 0 Å². The van der Waals surface area contributed by atoms with Gasteiger partial charge in [-0.3, -0.25) is 4.79 Å². The Bertz CT molecular complexity index is 764. The normalized spacial score (nSPS) is 17.0. The average Bonchev–Trinajstić information content (AvgIpc) is 3.06. The number of rotatable bonds is 5. The van der Waals surface area contributed by atoms with E-state index in [0.29, 0.717) is 17.7 Å². The number of benzene rings is 1. The van der Waals surface area contributed by atoms with E-state index in [0.717, 1.165) is 24.3 Å². The summed E-state index contributed by atoms with van der Waals surface area (Å²) in [7, 11) is 0. The zero-order chi connectivity index (χ0) is 16.9. The van der Waals surface area contributed by atoms with E-state index in [1.165, 1.54) is 5.56 Å². The summed E-state index contributed by atoms with van der Waals surface area (Å²) in [4.78, 5) is 24.6. The lowest BCUT2D eigenvalue weighted by Crippen LogP contribution is -2.37. The molecule has 24 heavy (non-hydrogen) atoms. The first kappa shape index (κ1) is 16.8. The van der Waals surface area contributed by atoms with Gasteiger partial charge in [0.2, 0.25) is 0 Å². The molecule has 2 aromatic rings. The Morgan fingerprint density at radius 2 is 2.08 bits per heavy atom. The van der Waals surface area contributed by atoms with Crippen LogP contribution in [0.2, 0.25) is 0 Å². The molecular weight excluding hydrogens is 322 g/mol. The molecule has 1 aliphatic heterocycles. The Kier molecular flexibility index (Phi) is 5.41. The van der Waals surface area contributed by atoms with Crippen molar-refractivity contribution in [3.63, 3.8) is 0 Å². The van der Waals surface area contributed by atoms with E-state index in [2.05, 4.69) is 5.32 Å². The highest BCUT2D eigenvalue weighted by Crippen LogP contribution is 2.18. The van der Waals surface area contributed by atoms with Gasteiger partial charge in [0.25, 0.3) is 5.91 Å². The van der Waals surface area contributed by atoms with Gasteiger partial charge in [-0.25, -0.2) is 4.79 Å². The predicted molar refractivity (Wildman–Crippen MR) is 96.8 cm³/mol. The van der Waals surface area contributed by atoms with Crippen molar-refractivity contribution in [3.05, 3.63) is 69.3 Å². The summed E-state index contributed by atoms with van der Waals surface area (Å²) in [6.07, 6.45) is 2.39. The first-order chi connectivity index (χ1) is 11.6. The topological polar surface area (TPSA) is 59.3 Å². The van der Waals surface area contributed by atoms with Gasteiger partial charge in [-0.05, 0) is 42.7 Å². The van der Waals surface area contributed by atoms with Crippen LogP contribution in [0.1, 0.15) is 33.7 Å². The van der Waals surface area contributed by atoms with Crippen LogP contribution in [-0.4, -0.2) is 23.5 Å². The number of hydrogen-bond donors (Lipinski definition) is 1. The molecular formula is C19H21NO3S. The maximum Gasteiger partial charge on any atom is 0.349 e. The van der Waals surface area contributed by atoms with Crippen molar-refractivity contribution in [1.29, 1.82) is 0 Å². The third-order valence-electron chi connectivity index (χ3n) is 4.19. The number of hydrogen-bond acceptors (Lipinski definition) is 4. The van der Waals surface area contributed by atoms with Crippen molar-refractivity contribution >= 4 is 17.7 Å². The lowest BCUT2D eigenvalue weighted by atomic mass is 10.1. The van der Waals surface area contributed by atoms with Gasteiger partial charge >= 0.3 is 5.63 Å². The van der Waals surface area contributed by atoms with Crippen LogP contribution in [0.25, 0.3) is 0 Å². The quantitative estimate of drug-likeness (QED) is 0.907. The molecule has 1 aromatic heterocycles. The van der Waals surface area contributed by atoms with Crippen LogP contribution < -0.4 is 10.9 Å². The molecule has 3 rings (SSSR count). The highest BCUT2D eigenvalue weighted by atomic mass is 32.2. The molecule has 126 valence electrons. The Morgan fingerprint density at radius 3 is 2.75 bits per heavy atom. The van der Waals surface area contributed by atoms with E-state index in [4.69, 9.17) is 4.42 Å². The van der Waals surface area contributed by atoms with Gasteiger partial charge < -0.3 is 9.73 Å². The Hall–Kier alpha value is -2.01. The number of carbonyl (C=O) groups is 1. The van der Waals surface area contributed by atoms with Crippen LogP contribution in [0.4, 0.5) is 0 Å². The molecule has 1 saturated heterocycles. The summed E-state index contributed by atoms with van der Waals surface area (Å²) in [5.74, 6) is 2.26. The fourth-order valence-corrected chi connectivity index (χ4v) is 4.04. The molecule has 5 heteroatoms. The second kappa shape index (κ2) is 7.71. The fourth-order valence-electron chi connectivity index (χ4n) is 2.89. The summed E-state index contributed by atoms with van der Waals surface area (Å²) >= 11 is 1.82. The Morgan fingerprint density at radius 1 is 1.29 bits per heavy atom. The Balaban J connectivity index is 1.71. The monoisotopic (exact) mass is 343 g/mol. The highest BCUT2D eigenvalue weighted by Gasteiger charge is 2.22. The summed E-state index contributed by atoms with van der Waals surface area (Å²) in [6, 6.07) is 12.0. The van der Waals surface area contributed by atoms with Crippen LogP contribution in [0.5, 0.6) is 0 Å². The van der Waals surface area contributed by atoms with E-state index >= 15 is 0 Å². The fraction of sp³-hybridized carbons (Fsp3) is 0.368. The Labute approximate surface area is 145 Å². The minimum atomic E-state index is -0.541. The van der Waals surface area contributed by atoms with Crippen LogP contribution in [0.15, 0.2) is 45.6 Å². The molecule has 0 aliphatic carbocycles. The molecule has 1 aromatic carbocycles.